The summed E-state index contributed by atoms with van der Waals surface area (Å²) in [5, 5.41) is 0.759. The molecular weight excluding hydrogens is 487 g/mol. The highest BCUT2D eigenvalue weighted by atomic mass is 35.5. The predicted octanol–water partition coefficient (Wildman–Crippen LogP) is 3.17. The molecule has 5 unspecified atom stereocenters. The second-order valence-electron chi connectivity index (χ2n) is 6.76. The van der Waals surface area contributed by atoms with Gasteiger partial charge in [-0.05, 0) is 18.2 Å². The van der Waals surface area contributed by atoms with Gasteiger partial charge in [-0.15, -0.1) is 0 Å². The van der Waals surface area contributed by atoms with Crippen LogP contribution in [0.3, 0.4) is 0 Å². The number of thioether (sulfide) groups is 1. The van der Waals surface area contributed by atoms with E-state index in [2.05, 4.69) is 0 Å². The molecule has 12 heteroatoms. The fourth-order valence-electron chi connectivity index (χ4n) is 2.98. The number of carbonyl (C=O) groups is 4. The first kappa shape index (κ1) is 26.2. The number of hydrogen-bond donors (Lipinski definition) is 0. The van der Waals surface area contributed by atoms with Crippen LogP contribution in [-0.4, -0.2) is 60.3 Å². The van der Waals surface area contributed by atoms with E-state index in [4.69, 9.17) is 46.9 Å². The minimum Gasteiger partial charge on any atom is -0.463 e. The molecule has 0 amide bonds. The van der Waals surface area contributed by atoms with Crippen LogP contribution in [0.5, 0.6) is 0 Å². The Morgan fingerprint density at radius 3 is 2.00 bits per heavy atom. The Kier molecular flexibility index (Phi) is 9.63. The van der Waals surface area contributed by atoms with Gasteiger partial charge in [-0.1, -0.05) is 35.0 Å². The largest absolute Gasteiger partial charge is 0.463 e. The Labute approximate surface area is 198 Å². The van der Waals surface area contributed by atoms with Crippen LogP contribution in [0.25, 0.3) is 0 Å². The van der Waals surface area contributed by atoms with Gasteiger partial charge in [0, 0.05) is 37.6 Å². The van der Waals surface area contributed by atoms with Crippen LogP contribution in [-0.2, 0) is 42.9 Å². The van der Waals surface area contributed by atoms with Gasteiger partial charge in [0.1, 0.15) is 18.1 Å². The number of carbonyl (C=O) groups excluding carboxylic acids is 4. The Hall–Kier alpha value is -2.01. The van der Waals surface area contributed by atoms with E-state index >= 15 is 0 Å². The quantitative estimate of drug-likeness (QED) is 0.401. The molecule has 0 spiro atoms. The van der Waals surface area contributed by atoms with E-state index in [1.165, 1.54) is 13.8 Å². The van der Waals surface area contributed by atoms with Gasteiger partial charge in [0.2, 0.25) is 0 Å². The molecule has 0 radical (unpaired) electrons. The van der Waals surface area contributed by atoms with Crippen molar-refractivity contribution in [3.8, 4) is 0 Å². The molecule has 9 nitrogen and oxygen atoms in total. The zero-order valence-corrected chi connectivity index (χ0v) is 20.0. The first-order valence-corrected chi connectivity index (χ1v) is 11.0. The van der Waals surface area contributed by atoms with Crippen LogP contribution in [0, 0.1) is 0 Å². The van der Waals surface area contributed by atoms with Crippen molar-refractivity contribution in [1.82, 2.24) is 0 Å². The standard InChI is InChI=1S/C20H22Cl2O9S/c1-9(23)27-8-15-17(28-10(2)24)18(29-11(3)25)19(30-12(4)26)20(31-15)32-16-7-13(21)5-6-14(16)22/h5-7,15,17-20H,8H2,1-4H3. The predicted molar refractivity (Wildman–Crippen MR) is 114 cm³/mol. The van der Waals surface area contributed by atoms with E-state index in [1.807, 2.05) is 0 Å². The Balaban J connectivity index is 2.49. The van der Waals surface area contributed by atoms with Crippen LogP contribution in [0.4, 0.5) is 0 Å². The second kappa shape index (κ2) is 11.7. The maximum absolute atomic E-state index is 11.8. The Morgan fingerprint density at radius 2 is 1.44 bits per heavy atom. The SMILES string of the molecule is CC(=O)OCC1OC(Sc2cc(Cl)ccc2Cl)C(OC(C)=O)C(OC(C)=O)C1OC(C)=O. The minimum atomic E-state index is -1.25. The van der Waals surface area contributed by atoms with Crippen LogP contribution < -0.4 is 0 Å². The van der Waals surface area contributed by atoms with E-state index in [0.29, 0.717) is 14.9 Å². The molecule has 2 rings (SSSR count). The van der Waals surface area contributed by atoms with Crippen molar-refractivity contribution in [2.24, 2.45) is 0 Å². The molecule has 0 bridgehead atoms. The fraction of sp³-hybridized carbons (Fsp3) is 0.500. The molecule has 1 aliphatic rings. The zero-order chi connectivity index (χ0) is 24.0. The maximum Gasteiger partial charge on any atom is 0.303 e. The monoisotopic (exact) mass is 508 g/mol. The maximum atomic E-state index is 11.8. The van der Waals surface area contributed by atoms with Gasteiger partial charge in [0.25, 0.3) is 0 Å². The summed E-state index contributed by atoms with van der Waals surface area (Å²) < 4.78 is 27.2. The zero-order valence-electron chi connectivity index (χ0n) is 17.7. The van der Waals surface area contributed by atoms with E-state index in [1.54, 1.807) is 18.2 Å². The third-order valence-electron chi connectivity index (χ3n) is 4.08. The summed E-state index contributed by atoms with van der Waals surface area (Å²) >= 11 is 13.4. The van der Waals surface area contributed by atoms with Crippen molar-refractivity contribution < 1.29 is 42.9 Å². The van der Waals surface area contributed by atoms with Gasteiger partial charge < -0.3 is 23.7 Å². The number of benzene rings is 1. The number of halogens is 2. The molecule has 1 aliphatic heterocycles. The lowest BCUT2D eigenvalue weighted by atomic mass is 9.99. The summed E-state index contributed by atoms with van der Waals surface area (Å²) in [6, 6.07) is 4.77. The van der Waals surface area contributed by atoms with E-state index in [0.717, 1.165) is 25.6 Å². The summed E-state index contributed by atoms with van der Waals surface area (Å²) in [5.41, 5.74) is -0.980. The third kappa shape index (κ3) is 7.54. The normalized spacial score (nSPS) is 24.9. The lowest BCUT2D eigenvalue weighted by Crippen LogP contribution is -2.61. The molecule has 1 heterocycles. The van der Waals surface area contributed by atoms with Crippen molar-refractivity contribution in [2.75, 3.05) is 6.61 Å². The topological polar surface area (TPSA) is 114 Å². The summed E-state index contributed by atoms with van der Waals surface area (Å²) in [5.74, 6) is -2.68. The van der Waals surface area contributed by atoms with Gasteiger partial charge in [-0.2, -0.15) is 0 Å². The second-order valence-corrected chi connectivity index (χ2v) is 8.74. The Bertz CT molecular complexity index is 879. The first-order chi connectivity index (χ1) is 15.0. The van der Waals surface area contributed by atoms with Gasteiger partial charge >= 0.3 is 23.9 Å². The van der Waals surface area contributed by atoms with Crippen LogP contribution in [0.15, 0.2) is 23.1 Å². The van der Waals surface area contributed by atoms with Crippen LogP contribution in [0.1, 0.15) is 27.7 Å². The Morgan fingerprint density at radius 1 is 0.875 bits per heavy atom. The summed E-state index contributed by atoms with van der Waals surface area (Å²) in [6.45, 7) is 4.37. The lowest BCUT2D eigenvalue weighted by molar-refractivity contribution is -0.237. The first-order valence-electron chi connectivity index (χ1n) is 9.40. The molecule has 1 fully saturated rings. The number of esters is 4. The number of hydrogen-bond acceptors (Lipinski definition) is 10. The summed E-state index contributed by atoms with van der Waals surface area (Å²) in [4.78, 5) is 47.3. The van der Waals surface area contributed by atoms with Crippen molar-refractivity contribution in [1.29, 1.82) is 0 Å². The highest BCUT2D eigenvalue weighted by Crippen LogP contribution is 2.40. The minimum absolute atomic E-state index is 0.307. The van der Waals surface area contributed by atoms with Crippen molar-refractivity contribution in [3.63, 3.8) is 0 Å². The average Bonchev–Trinajstić information content (AvgIpc) is 2.66. The van der Waals surface area contributed by atoms with E-state index < -0.39 is 53.7 Å². The number of rotatable bonds is 7. The molecule has 1 aromatic rings. The molecular formula is C20H22Cl2O9S. The molecule has 0 N–H and O–H groups in total. The third-order valence-corrected chi connectivity index (χ3v) is 5.96. The smallest absolute Gasteiger partial charge is 0.303 e. The molecule has 1 saturated heterocycles. The summed E-state index contributed by atoms with van der Waals surface area (Å²) in [7, 11) is 0. The van der Waals surface area contributed by atoms with Crippen molar-refractivity contribution >= 4 is 58.8 Å². The van der Waals surface area contributed by atoms with Crippen molar-refractivity contribution in [2.45, 2.75) is 62.4 Å². The fourth-order valence-corrected chi connectivity index (χ4v) is 4.63. The van der Waals surface area contributed by atoms with E-state index in [9.17, 15) is 19.2 Å². The van der Waals surface area contributed by atoms with E-state index in [-0.39, 0.29) is 6.61 Å². The van der Waals surface area contributed by atoms with Gasteiger partial charge in [0.05, 0.1) is 5.02 Å². The molecule has 1 aromatic carbocycles. The number of ether oxygens (including phenoxy) is 5. The highest BCUT2D eigenvalue weighted by Gasteiger charge is 2.52. The molecule has 0 aromatic heterocycles. The average molecular weight is 509 g/mol. The molecule has 5 atom stereocenters. The van der Waals surface area contributed by atoms with Crippen LogP contribution >= 0.6 is 35.0 Å². The molecule has 0 aliphatic carbocycles. The van der Waals surface area contributed by atoms with Gasteiger partial charge in [-0.25, -0.2) is 0 Å². The molecule has 176 valence electrons. The summed E-state index contributed by atoms with van der Waals surface area (Å²) in [6.07, 6.45) is -4.68. The van der Waals surface area contributed by atoms with Crippen LogP contribution in [0.2, 0.25) is 10.0 Å². The molecule has 32 heavy (non-hydrogen) atoms. The van der Waals surface area contributed by atoms with Gasteiger partial charge in [-0.3, -0.25) is 19.2 Å². The highest BCUT2D eigenvalue weighted by molar-refractivity contribution is 8.00. The van der Waals surface area contributed by atoms with Crippen molar-refractivity contribution in [3.05, 3.63) is 28.2 Å². The van der Waals surface area contributed by atoms with Gasteiger partial charge in [0.15, 0.2) is 18.3 Å². The lowest BCUT2D eigenvalue weighted by Gasteiger charge is -2.44. The molecule has 0 saturated carbocycles.